The van der Waals surface area contributed by atoms with E-state index >= 15 is 0 Å². The Morgan fingerprint density at radius 1 is 1.18 bits per heavy atom. The average molecular weight is 507 g/mol. The van der Waals surface area contributed by atoms with Crippen molar-refractivity contribution in [2.45, 2.75) is 35.0 Å². The number of ketones is 1. The summed E-state index contributed by atoms with van der Waals surface area (Å²) in [6.45, 7) is 0. The Morgan fingerprint density at radius 2 is 1.91 bits per heavy atom. The van der Waals surface area contributed by atoms with Crippen LogP contribution in [0.5, 0.6) is 0 Å². The Balaban J connectivity index is 1.57. The summed E-state index contributed by atoms with van der Waals surface area (Å²) in [6.07, 6.45) is 4.88. The third-order valence-corrected chi connectivity index (χ3v) is 8.28. The molecule has 0 spiro atoms. The van der Waals surface area contributed by atoms with Crippen molar-refractivity contribution in [3.63, 3.8) is 0 Å². The Hall–Kier alpha value is -3.79. The van der Waals surface area contributed by atoms with Gasteiger partial charge in [0.2, 0.25) is 0 Å². The fraction of sp³-hybridized carbons (Fsp3) is 0.333. The number of carboxylic acids is 1. The van der Waals surface area contributed by atoms with Crippen molar-refractivity contribution >= 4 is 49.8 Å². The molecule has 1 aliphatic carbocycles. The number of urea groups is 1. The van der Waals surface area contributed by atoms with E-state index in [1.807, 2.05) is 0 Å². The van der Waals surface area contributed by atoms with Gasteiger partial charge in [0.15, 0.2) is 20.8 Å². The van der Waals surface area contributed by atoms with Crippen LogP contribution < -0.4 is 10.6 Å². The maximum atomic E-state index is 12.8. The number of Topliss-reactive ketones (excluding diaryl/α,β-unsaturated/α-hetero) is 1. The predicted molar refractivity (Wildman–Crippen MR) is 116 cm³/mol. The van der Waals surface area contributed by atoms with Crippen LogP contribution in [-0.4, -0.2) is 61.5 Å². The lowest BCUT2D eigenvalue weighted by Gasteiger charge is -2.12. The highest BCUT2D eigenvalue weighted by Gasteiger charge is 2.34. The van der Waals surface area contributed by atoms with Gasteiger partial charge in [-0.1, -0.05) is 29.3 Å². The van der Waals surface area contributed by atoms with Gasteiger partial charge >= 0.3 is 12.0 Å². The number of aromatic carboxylic acids is 1. The number of hydrogen-bond donors (Lipinski definition) is 3. The third kappa shape index (κ3) is 4.49. The van der Waals surface area contributed by atoms with Gasteiger partial charge in [-0.2, -0.15) is 0 Å². The molecule has 0 saturated heterocycles. The number of carbonyl (C=O) groups is 3. The molecular weight excluding hydrogens is 488 g/mol. The van der Waals surface area contributed by atoms with E-state index in [1.54, 1.807) is 6.07 Å². The molecule has 178 valence electrons. The van der Waals surface area contributed by atoms with Gasteiger partial charge in [-0.05, 0) is 35.4 Å². The summed E-state index contributed by atoms with van der Waals surface area (Å²) in [7, 11) is -3.15. The third-order valence-electron chi connectivity index (χ3n) is 5.10. The SMILES string of the molecule is Cn1nnnc1S(=O)(=O)c1sc(NC(=O)Nc2cccnc2C(=O)C2CCCC2)nc1C(=O)O. The number of nitrogens with one attached hydrogen (secondary N) is 2. The molecule has 1 saturated carbocycles. The fourth-order valence-corrected chi connectivity index (χ4v) is 6.21. The summed E-state index contributed by atoms with van der Waals surface area (Å²) in [4.78, 5) is 44.8. The number of aryl methyl sites for hydroxylation is 1. The van der Waals surface area contributed by atoms with Crippen LogP contribution in [0.3, 0.4) is 0 Å². The van der Waals surface area contributed by atoms with Crippen molar-refractivity contribution in [1.82, 2.24) is 30.2 Å². The zero-order valence-corrected chi connectivity index (χ0v) is 19.3. The zero-order valence-electron chi connectivity index (χ0n) is 17.6. The molecule has 0 aliphatic heterocycles. The number of sulfone groups is 1. The van der Waals surface area contributed by atoms with E-state index in [2.05, 4.69) is 36.1 Å². The molecule has 3 N–H and O–H groups in total. The van der Waals surface area contributed by atoms with Crippen LogP contribution in [0.25, 0.3) is 0 Å². The summed E-state index contributed by atoms with van der Waals surface area (Å²) in [6, 6.07) is 2.20. The van der Waals surface area contributed by atoms with Crippen LogP contribution in [0.1, 0.15) is 46.7 Å². The first-order valence-electron chi connectivity index (χ1n) is 9.97. The van der Waals surface area contributed by atoms with Crippen LogP contribution >= 0.6 is 11.3 Å². The minimum Gasteiger partial charge on any atom is -0.476 e. The summed E-state index contributed by atoms with van der Waals surface area (Å²) in [5.74, 6) is -1.94. The van der Waals surface area contributed by atoms with E-state index in [0.29, 0.717) is 11.3 Å². The second-order valence-corrected chi connectivity index (χ2v) is 10.4. The smallest absolute Gasteiger partial charge is 0.356 e. The zero-order chi connectivity index (χ0) is 24.5. The Bertz CT molecular complexity index is 1380. The largest absolute Gasteiger partial charge is 0.476 e. The topological polar surface area (TPSA) is 199 Å². The molecule has 16 heteroatoms. The number of amides is 2. The first kappa shape index (κ1) is 23.4. The van der Waals surface area contributed by atoms with Crippen molar-refractivity contribution in [1.29, 1.82) is 0 Å². The monoisotopic (exact) mass is 506 g/mol. The first-order chi connectivity index (χ1) is 16.2. The number of hydrogen-bond acceptors (Lipinski definition) is 11. The summed E-state index contributed by atoms with van der Waals surface area (Å²) in [5, 5.41) is 23.4. The molecule has 4 rings (SSSR count). The van der Waals surface area contributed by atoms with Crippen LogP contribution in [0.2, 0.25) is 0 Å². The molecule has 2 amide bonds. The van der Waals surface area contributed by atoms with Crippen LogP contribution in [0.4, 0.5) is 15.6 Å². The summed E-state index contributed by atoms with van der Waals surface area (Å²) in [5.41, 5.74) is -0.500. The Morgan fingerprint density at radius 3 is 2.56 bits per heavy atom. The number of pyridine rings is 1. The highest BCUT2D eigenvalue weighted by Crippen LogP contribution is 2.32. The molecule has 34 heavy (non-hydrogen) atoms. The number of thiazole rings is 1. The van der Waals surface area contributed by atoms with Gasteiger partial charge in [0.1, 0.15) is 5.69 Å². The number of rotatable bonds is 7. The van der Waals surface area contributed by atoms with Gasteiger partial charge in [-0.15, -0.1) is 0 Å². The van der Waals surface area contributed by atoms with E-state index < -0.39 is 36.9 Å². The molecule has 14 nitrogen and oxygen atoms in total. The Labute approximate surface area is 196 Å². The maximum absolute atomic E-state index is 12.8. The molecule has 3 aromatic rings. The van der Waals surface area contributed by atoms with Gasteiger partial charge in [-0.25, -0.2) is 27.7 Å². The molecule has 0 aromatic carbocycles. The maximum Gasteiger partial charge on any atom is 0.356 e. The van der Waals surface area contributed by atoms with E-state index in [9.17, 15) is 27.9 Å². The minimum absolute atomic E-state index is 0.118. The lowest BCUT2D eigenvalue weighted by Crippen LogP contribution is -2.23. The number of carbonyl (C=O) groups excluding carboxylic acids is 2. The molecule has 0 bridgehead atoms. The van der Waals surface area contributed by atoms with Gasteiger partial charge in [-0.3, -0.25) is 15.1 Å². The number of nitrogens with zero attached hydrogens (tertiary/aromatic N) is 6. The summed E-state index contributed by atoms with van der Waals surface area (Å²) < 4.78 is 25.9. The average Bonchev–Trinajstić information content (AvgIpc) is 3.54. The molecule has 0 radical (unpaired) electrons. The lowest BCUT2D eigenvalue weighted by molar-refractivity contribution is 0.0687. The molecular formula is C18H18N8O6S2. The molecule has 1 aliphatic rings. The quantitative estimate of drug-likeness (QED) is 0.393. The summed E-state index contributed by atoms with van der Waals surface area (Å²) >= 11 is 0.428. The second-order valence-electron chi connectivity index (χ2n) is 7.37. The molecule has 0 atom stereocenters. The van der Waals surface area contributed by atoms with Gasteiger partial charge in [0.05, 0.1) is 5.69 Å². The predicted octanol–water partition coefficient (Wildman–Crippen LogP) is 1.61. The minimum atomic E-state index is -4.43. The molecule has 3 heterocycles. The van der Waals surface area contributed by atoms with E-state index in [4.69, 9.17) is 0 Å². The fourth-order valence-electron chi connectivity index (χ4n) is 3.54. The normalized spacial score (nSPS) is 14.1. The van der Waals surface area contributed by atoms with E-state index in [0.717, 1.165) is 30.4 Å². The number of aromatic nitrogens is 6. The molecule has 1 fully saturated rings. The molecule has 3 aromatic heterocycles. The van der Waals surface area contributed by atoms with Crippen LogP contribution in [0.15, 0.2) is 27.7 Å². The van der Waals surface area contributed by atoms with E-state index in [-0.39, 0.29) is 28.2 Å². The number of anilines is 2. The van der Waals surface area contributed by atoms with Crippen molar-refractivity contribution < 1.29 is 27.9 Å². The van der Waals surface area contributed by atoms with Gasteiger partial charge < -0.3 is 10.4 Å². The van der Waals surface area contributed by atoms with Gasteiger partial charge in [0, 0.05) is 19.2 Å². The molecule has 0 unspecified atom stereocenters. The second kappa shape index (κ2) is 9.22. The van der Waals surface area contributed by atoms with Crippen LogP contribution in [0, 0.1) is 5.92 Å². The number of carboxylic acid groups (broad SMARTS) is 1. The van der Waals surface area contributed by atoms with E-state index in [1.165, 1.54) is 19.3 Å². The van der Waals surface area contributed by atoms with Gasteiger partial charge in [0.25, 0.3) is 15.0 Å². The van der Waals surface area contributed by atoms with Crippen LogP contribution in [-0.2, 0) is 16.9 Å². The Kier molecular flexibility index (Phi) is 6.34. The highest BCUT2D eigenvalue weighted by atomic mass is 32.2. The van der Waals surface area contributed by atoms with Crippen molar-refractivity contribution in [3.8, 4) is 0 Å². The number of tetrazole rings is 1. The first-order valence-corrected chi connectivity index (χ1v) is 12.3. The standard InChI is InChI=1S/C18H18N8O6S2/c1-26-18(23-24-25-26)34(31,32)15-12(14(28)29)21-17(33-15)22-16(30)20-10-7-4-8-19-11(10)13(27)9-5-2-3-6-9/h4,7-9H,2-3,5-6H2,1H3,(H,28,29)(H2,20,21,22,30). The van der Waals surface area contributed by atoms with Crippen molar-refractivity contribution in [2.75, 3.05) is 10.6 Å². The highest BCUT2D eigenvalue weighted by molar-refractivity contribution is 7.93. The lowest BCUT2D eigenvalue weighted by atomic mass is 9.99. The van der Waals surface area contributed by atoms with Crippen molar-refractivity contribution in [2.24, 2.45) is 13.0 Å². The van der Waals surface area contributed by atoms with Crippen molar-refractivity contribution in [3.05, 3.63) is 29.7 Å².